The van der Waals surface area contributed by atoms with Crippen LogP contribution in [0.25, 0.3) is 0 Å². The summed E-state index contributed by atoms with van der Waals surface area (Å²) in [5, 5.41) is 6.17. The normalized spacial score (nSPS) is 9.12. The zero-order valence-corrected chi connectivity index (χ0v) is 4.51. The molecule has 0 aliphatic carbocycles. The van der Waals surface area contributed by atoms with Gasteiger partial charge in [0.25, 0.3) is 0 Å². The van der Waals surface area contributed by atoms with E-state index in [1.54, 1.807) is 13.1 Å². The average molecular weight is 113 g/mol. The highest BCUT2D eigenvalue weighted by atomic mass is 16.5. The number of nitrogens with two attached hydrogens (primary N) is 1. The van der Waals surface area contributed by atoms with Gasteiger partial charge in [0, 0.05) is 13.1 Å². The Morgan fingerprint density at radius 2 is 2.62 bits per heavy atom. The molecule has 1 aromatic rings. The van der Waals surface area contributed by atoms with Crippen LogP contribution in [-0.4, -0.2) is 12.2 Å². The summed E-state index contributed by atoms with van der Waals surface area (Å²) in [4.78, 5) is 0. The molecule has 0 aliphatic heterocycles. The molecule has 4 heteroatoms. The molecule has 0 saturated heterocycles. The van der Waals surface area contributed by atoms with Crippen LogP contribution in [-0.2, 0) is 0 Å². The van der Waals surface area contributed by atoms with Crippen molar-refractivity contribution in [1.29, 1.82) is 0 Å². The molecule has 1 rings (SSSR count). The molecular formula is C4H7N3O. The molecule has 0 amide bonds. The van der Waals surface area contributed by atoms with Crippen LogP contribution in [0.2, 0.25) is 0 Å². The second-order valence-electron chi connectivity index (χ2n) is 1.37. The van der Waals surface area contributed by atoms with Crippen molar-refractivity contribution in [2.24, 2.45) is 0 Å². The summed E-state index contributed by atoms with van der Waals surface area (Å²) >= 11 is 0. The van der Waals surface area contributed by atoms with Gasteiger partial charge in [-0.3, -0.25) is 0 Å². The Hall–Kier alpha value is -1.19. The standard InChI is InChI=1S/C4H7N3O/c1-6-4-2-3(5)7-8-4/h2,6H,1H3,(H2,5,7). The van der Waals surface area contributed by atoms with E-state index in [1.807, 2.05) is 0 Å². The van der Waals surface area contributed by atoms with Gasteiger partial charge in [-0.2, -0.15) is 0 Å². The fourth-order valence-corrected chi connectivity index (χ4v) is 0.407. The van der Waals surface area contributed by atoms with E-state index in [-0.39, 0.29) is 0 Å². The number of anilines is 2. The number of hydrogen-bond donors (Lipinski definition) is 2. The van der Waals surface area contributed by atoms with Crippen molar-refractivity contribution in [3.05, 3.63) is 6.07 Å². The SMILES string of the molecule is CNc1cc(N)no1. The Balaban J connectivity index is 2.84. The summed E-state index contributed by atoms with van der Waals surface area (Å²) in [6, 6.07) is 1.61. The molecule has 44 valence electrons. The van der Waals surface area contributed by atoms with Crippen molar-refractivity contribution in [3.63, 3.8) is 0 Å². The summed E-state index contributed by atoms with van der Waals surface area (Å²) in [6.07, 6.45) is 0. The molecular weight excluding hydrogens is 106 g/mol. The van der Waals surface area contributed by atoms with Gasteiger partial charge < -0.3 is 15.6 Å². The largest absolute Gasteiger partial charge is 0.381 e. The third kappa shape index (κ3) is 0.726. The van der Waals surface area contributed by atoms with Crippen molar-refractivity contribution >= 4 is 11.7 Å². The Bertz CT molecular complexity index is 172. The number of nitrogens with zero attached hydrogens (tertiary/aromatic N) is 1. The highest BCUT2D eigenvalue weighted by Gasteiger charge is 1.93. The van der Waals surface area contributed by atoms with Gasteiger partial charge in [0.2, 0.25) is 5.88 Å². The maximum absolute atomic E-state index is 5.21. The minimum atomic E-state index is 0.398. The van der Waals surface area contributed by atoms with E-state index >= 15 is 0 Å². The molecule has 8 heavy (non-hydrogen) atoms. The summed E-state index contributed by atoms with van der Waals surface area (Å²) < 4.78 is 4.63. The van der Waals surface area contributed by atoms with Gasteiger partial charge in [-0.25, -0.2) is 0 Å². The van der Waals surface area contributed by atoms with E-state index in [4.69, 9.17) is 5.73 Å². The van der Waals surface area contributed by atoms with Crippen molar-refractivity contribution in [3.8, 4) is 0 Å². The van der Waals surface area contributed by atoms with Gasteiger partial charge in [0.15, 0.2) is 5.82 Å². The first kappa shape index (κ1) is 4.96. The molecule has 0 fully saturated rings. The topological polar surface area (TPSA) is 64.1 Å². The van der Waals surface area contributed by atoms with Crippen LogP contribution < -0.4 is 11.1 Å². The summed E-state index contributed by atoms with van der Waals surface area (Å²) in [5.74, 6) is 0.983. The van der Waals surface area contributed by atoms with Gasteiger partial charge in [0.1, 0.15) is 0 Å². The highest BCUT2D eigenvalue weighted by molar-refractivity contribution is 5.40. The monoisotopic (exact) mass is 113 g/mol. The fourth-order valence-electron chi connectivity index (χ4n) is 0.407. The van der Waals surface area contributed by atoms with E-state index in [0.29, 0.717) is 11.7 Å². The van der Waals surface area contributed by atoms with Crippen LogP contribution in [0.1, 0.15) is 0 Å². The molecule has 4 nitrogen and oxygen atoms in total. The number of rotatable bonds is 1. The molecule has 3 N–H and O–H groups in total. The predicted molar refractivity (Wildman–Crippen MR) is 30.5 cm³/mol. The van der Waals surface area contributed by atoms with Gasteiger partial charge in [-0.1, -0.05) is 5.16 Å². The molecule has 0 atom stereocenters. The van der Waals surface area contributed by atoms with Crippen LogP contribution in [0.4, 0.5) is 11.7 Å². The quantitative estimate of drug-likeness (QED) is 0.549. The number of hydrogen-bond acceptors (Lipinski definition) is 4. The van der Waals surface area contributed by atoms with Gasteiger partial charge in [0.05, 0.1) is 0 Å². The first-order valence-electron chi connectivity index (χ1n) is 2.23. The van der Waals surface area contributed by atoms with Crippen molar-refractivity contribution in [2.75, 3.05) is 18.1 Å². The van der Waals surface area contributed by atoms with Crippen LogP contribution in [0, 0.1) is 0 Å². The third-order valence-electron chi connectivity index (χ3n) is 0.775. The highest BCUT2D eigenvalue weighted by Crippen LogP contribution is 2.07. The molecule has 1 heterocycles. The number of nitrogens with one attached hydrogen (secondary N) is 1. The minimum absolute atomic E-state index is 0.398. The smallest absolute Gasteiger partial charge is 0.226 e. The molecule has 0 saturated carbocycles. The van der Waals surface area contributed by atoms with Gasteiger partial charge in [-0.15, -0.1) is 0 Å². The van der Waals surface area contributed by atoms with E-state index in [2.05, 4.69) is 15.0 Å². The Labute approximate surface area is 46.7 Å². The predicted octanol–water partition coefficient (Wildman–Crippen LogP) is 0.298. The zero-order valence-electron chi connectivity index (χ0n) is 4.51. The van der Waals surface area contributed by atoms with E-state index in [0.717, 1.165) is 0 Å². The lowest BCUT2D eigenvalue weighted by Crippen LogP contribution is -1.83. The van der Waals surface area contributed by atoms with Crippen molar-refractivity contribution in [1.82, 2.24) is 5.16 Å². The number of aromatic nitrogens is 1. The Kier molecular flexibility index (Phi) is 1.07. The molecule has 0 aromatic carbocycles. The minimum Gasteiger partial charge on any atom is -0.381 e. The van der Waals surface area contributed by atoms with E-state index in [1.165, 1.54) is 0 Å². The van der Waals surface area contributed by atoms with Crippen molar-refractivity contribution < 1.29 is 4.52 Å². The van der Waals surface area contributed by atoms with Crippen LogP contribution in [0.5, 0.6) is 0 Å². The fraction of sp³-hybridized carbons (Fsp3) is 0.250. The zero-order chi connectivity index (χ0) is 5.98. The average Bonchev–Trinajstić information content (AvgIpc) is 2.14. The molecule has 0 unspecified atom stereocenters. The van der Waals surface area contributed by atoms with E-state index in [9.17, 15) is 0 Å². The first-order valence-corrected chi connectivity index (χ1v) is 2.23. The second kappa shape index (κ2) is 1.73. The summed E-state index contributed by atoms with van der Waals surface area (Å²) in [6.45, 7) is 0. The second-order valence-corrected chi connectivity index (χ2v) is 1.37. The summed E-state index contributed by atoms with van der Waals surface area (Å²) in [7, 11) is 1.74. The maximum atomic E-state index is 5.21. The molecule has 0 spiro atoms. The maximum Gasteiger partial charge on any atom is 0.226 e. The molecule has 0 bridgehead atoms. The first-order chi connectivity index (χ1) is 3.83. The van der Waals surface area contributed by atoms with Gasteiger partial charge in [-0.05, 0) is 0 Å². The summed E-state index contributed by atoms with van der Waals surface area (Å²) in [5.41, 5.74) is 5.21. The lowest BCUT2D eigenvalue weighted by Gasteiger charge is -1.83. The van der Waals surface area contributed by atoms with Crippen LogP contribution in [0.15, 0.2) is 10.6 Å². The van der Waals surface area contributed by atoms with Gasteiger partial charge >= 0.3 is 0 Å². The molecule has 0 radical (unpaired) electrons. The van der Waals surface area contributed by atoms with Crippen LogP contribution in [0.3, 0.4) is 0 Å². The van der Waals surface area contributed by atoms with Crippen LogP contribution >= 0.6 is 0 Å². The molecule has 0 aliphatic rings. The van der Waals surface area contributed by atoms with E-state index < -0.39 is 0 Å². The number of nitrogen functional groups attached to an aromatic ring is 1. The Morgan fingerprint density at radius 1 is 1.88 bits per heavy atom. The lowest BCUT2D eigenvalue weighted by molar-refractivity contribution is 0.437. The third-order valence-corrected chi connectivity index (χ3v) is 0.775. The molecule has 1 aromatic heterocycles. The Morgan fingerprint density at radius 3 is 2.88 bits per heavy atom. The van der Waals surface area contributed by atoms with Crippen molar-refractivity contribution in [2.45, 2.75) is 0 Å². The lowest BCUT2D eigenvalue weighted by atomic mass is 10.6.